The highest BCUT2D eigenvalue weighted by Crippen LogP contribution is 2.35. The van der Waals surface area contributed by atoms with E-state index in [1.54, 1.807) is 7.11 Å². The zero-order valence-corrected chi connectivity index (χ0v) is 8.54. The molecule has 0 saturated carbocycles. The lowest BCUT2D eigenvalue weighted by Crippen LogP contribution is -2.20. The zero-order chi connectivity index (χ0) is 10.1. The van der Waals surface area contributed by atoms with Crippen LogP contribution in [0.25, 0.3) is 0 Å². The Bertz CT molecular complexity index is 349. The van der Waals surface area contributed by atoms with Crippen LogP contribution in [-0.4, -0.2) is 13.7 Å². The van der Waals surface area contributed by atoms with Crippen molar-refractivity contribution in [2.24, 2.45) is 5.73 Å². The third-order valence-corrected chi connectivity index (χ3v) is 2.61. The molecule has 1 aromatic carbocycles. The average molecular weight is 193 g/mol. The van der Waals surface area contributed by atoms with Gasteiger partial charge >= 0.3 is 0 Å². The van der Waals surface area contributed by atoms with Crippen molar-refractivity contribution in [3.05, 3.63) is 23.3 Å². The van der Waals surface area contributed by atoms with E-state index >= 15 is 0 Å². The van der Waals surface area contributed by atoms with E-state index in [1.165, 1.54) is 0 Å². The van der Waals surface area contributed by atoms with Gasteiger partial charge in [-0.15, -0.1) is 0 Å². The Kier molecular flexibility index (Phi) is 2.33. The van der Waals surface area contributed by atoms with Crippen molar-refractivity contribution in [3.63, 3.8) is 0 Å². The number of hydrogen-bond acceptors (Lipinski definition) is 3. The number of aryl methyl sites for hydroxylation is 1. The molecular weight excluding hydrogens is 178 g/mol. The van der Waals surface area contributed by atoms with Gasteiger partial charge in [0.25, 0.3) is 0 Å². The minimum Gasteiger partial charge on any atom is -0.496 e. The molecule has 0 aromatic heterocycles. The van der Waals surface area contributed by atoms with E-state index in [1.807, 2.05) is 19.1 Å². The van der Waals surface area contributed by atoms with Crippen molar-refractivity contribution < 1.29 is 9.47 Å². The van der Waals surface area contributed by atoms with E-state index in [4.69, 9.17) is 15.2 Å². The smallest absolute Gasteiger partial charge is 0.124 e. The van der Waals surface area contributed by atoms with Gasteiger partial charge in [0.1, 0.15) is 11.5 Å². The van der Waals surface area contributed by atoms with Crippen LogP contribution in [0.1, 0.15) is 23.6 Å². The van der Waals surface area contributed by atoms with Crippen molar-refractivity contribution in [2.45, 2.75) is 19.4 Å². The van der Waals surface area contributed by atoms with Crippen molar-refractivity contribution in [1.29, 1.82) is 0 Å². The summed E-state index contributed by atoms with van der Waals surface area (Å²) in [5.41, 5.74) is 8.12. The minimum atomic E-state index is 0.0771. The summed E-state index contributed by atoms with van der Waals surface area (Å²) in [5.74, 6) is 1.78. The Balaban J connectivity index is 2.49. The molecule has 1 aliphatic rings. The fourth-order valence-electron chi connectivity index (χ4n) is 1.76. The average Bonchev–Trinajstić information content (AvgIpc) is 2.17. The largest absolute Gasteiger partial charge is 0.496 e. The maximum Gasteiger partial charge on any atom is 0.124 e. The van der Waals surface area contributed by atoms with Crippen molar-refractivity contribution in [3.8, 4) is 11.5 Å². The molecule has 0 radical (unpaired) electrons. The van der Waals surface area contributed by atoms with Crippen LogP contribution in [0.3, 0.4) is 0 Å². The molecule has 76 valence electrons. The molecule has 1 unspecified atom stereocenters. The molecule has 0 aliphatic carbocycles. The molecule has 1 heterocycles. The van der Waals surface area contributed by atoms with E-state index in [0.29, 0.717) is 6.61 Å². The number of hydrogen-bond donors (Lipinski definition) is 1. The summed E-state index contributed by atoms with van der Waals surface area (Å²) >= 11 is 0. The van der Waals surface area contributed by atoms with Gasteiger partial charge in [0.15, 0.2) is 0 Å². The number of fused-ring (bicyclic) bond motifs is 1. The second-order valence-electron chi connectivity index (χ2n) is 3.60. The standard InChI is InChI=1S/C11H15NO2/c1-7-5-11-8(6-10(7)13-2)9(12)3-4-14-11/h5-6,9H,3-4,12H2,1-2H3. The Hall–Kier alpha value is -1.22. The molecule has 3 nitrogen and oxygen atoms in total. The van der Waals surface area contributed by atoms with E-state index in [-0.39, 0.29) is 6.04 Å². The normalized spacial score (nSPS) is 19.8. The van der Waals surface area contributed by atoms with E-state index in [0.717, 1.165) is 29.0 Å². The van der Waals surface area contributed by atoms with Gasteiger partial charge < -0.3 is 15.2 Å². The number of ether oxygens (including phenoxy) is 2. The lowest BCUT2D eigenvalue weighted by atomic mass is 9.99. The third kappa shape index (κ3) is 1.44. The first-order valence-electron chi connectivity index (χ1n) is 4.79. The van der Waals surface area contributed by atoms with Crippen LogP contribution >= 0.6 is 0 Å². The van der Waals surface area contributed by atoms with Crippen LogP contribution in [-0.2, 0) is 0 Å². The Labute approximate surface area is 83.8 Å². The first-order chi connectivity index (χ1) is 6.72. The van der Waals surface area contributed by atoms with Gasteiger partial charge in [-0.05, 0) is 24.6 Å². The van der Waals surface area contributed by atoms with E-state index in [2.05, 4.69) is 0 Å². The topological polar surface area (TPSA) is 44.5 Å². The molecule has 3 heteroatoms. The predicted octanol–water partition coefficient (Wildman–Crippen LogP) is 1.79. The van der Waals surface area contributed by atoms with Crippen LogP contribution in [0.5, 0.6) is 11.5 Å². The maximum atomic E-state index is 5.98. The van der Waals surface area contributed by atoms with Crippen LogP contribution in [0.4, 0.5) is 0 Å². The van der Waals surface area contributed by atoms with Crippen molar-refractivity contribution >= 4 is 0 Å². The Morgan fingerprint density at radius 3 is 3.00 bits per heavy atom. The Morgan fingerprint density at radius 2 is 2.29 bits per heavy atom. The van der Waals surface area contributed by atoms with Crippen LogP contribution in [0.15, 0.2) is 12.1 Å². The minimum absolute atomic E-state index is 0.0771. The lowest BCUT2D eigenvalue weighted by Gasteiger charge is -2.24. The van der Waals surface area contributed by atoms with Gasteiger partial charge in [0.05, 0.1) is 13.7 Å². The number of benzene rings is 1. The summed E-state index contributed by atoms with van der Waals surface area (Å²) in [5, 5.41) is 0. The molecule has 0 amide bonds. The maximum absolute atomic E-state index is 5.98. The first-order valence-corrected chi connectivity index (χ1v) is 4.79. The van der Waals surface area contributed by atoms with Crippen molar-refractivity contribution in [1.82, 2.24) is 0 Å². The molecule has 0 bridgehead atoms. The highest BCUT2D eigenvalue weighted by atomic mass is 16.5. The molecule has 0 spiro atoms. The van der Waals surface area contributed by atoms with Gasteiger partial charge in [0.2, 0.25) is 0 Å². The highest BCUT2D eigenvalue weighted by molar-refractivity contribution is 5.48. The fourth-order valence-corrected chi connectivity index (χ4v) is 1.76. The molecule has 1 atom stereocenters. The third-order valence-electron chi connectivity index (χ3n) is 2.61. The molecule has 14 heavy (non-hydrogen) atoms. The second kappa shape index (κ2) is 3.50. The summed E-state index contributed by atoms with van der Waals surface area (Å²) in [6, 6.07) is 4.05. The first kappa shape index (κ1) is 9.34. The fraction of sp³-hybridized carbons (Fsp3) is 0.455. The lowest BCUT2D eigenvalue weighted by molar-refractivity contribution is 0.267. The molecule has 1 aliphatic heterocycles. The number of methoxy groups -OCH3 is 1. The number of nitrogens with two attached hydrogens (primary N) is 1. The van der Waals surface area contributed by atoms with Gasteiger partial charge in [-0.1, -0.05) is 0 Å². The van der Waals surface area contributed by atoms with Gasteiger partial charge in [0, 0.05) is 18.0 Å². The monoisotopic (exact) mass is 193 g/mol. The molecule has 0 fully saturated rings. The second-order valence-corrected chi connectivity index (χ2v) is 3.60. The van der Waals surface area contributed by atoms with E-state index < -0.39 is 0 Å². The summed E-state index contributed by atoms with van der Waals surface area (Å²) < 4.78 is 10.8. The van der Waals surface area contributed by atoms with Gasteiger partial charge in [-0.25, -0.2) is 0 Å². The predicted molar refractivity (Wildman–Crippen MR) is 54.8 cm³/mol. The van der Waals surface area contributed by atoms with Gasteiger partial charge in [-0.2, -0.15) is 0 Å². The van der Waals surface area contributed by atoms with Crippen molar-refractivity contribution in [2.75, 3.05) is 13.7 Å². The molecule has 0 saturated heterocycles. The highest BCUT2D eigenvalue weighted by Gasteiger charge is 2.19. The van der Waals surface area contributed by atoms with E-state index in [9.17, 15) is 0 Å². The number of rotatable bonds is 1. The molecule has 1 aromatic rings. The SMILES string of the molecule is COc1cc2c(cc1C)OCCC2N. The molecular formula is C11H15NO2. The summed E-state index contributed by atoms with van der Waals surface area (Å²) in [4.78, 5) is 0. The summed E-state index contributed by atoms with van der Waals surface area (Å²) in [7, 11) is 1.67. The molecule has 2 rings (SSSR count). The van der Waals surface area contributed by atoms with Gasteiger partial charge in [-0.3, -0.25) is 0 Å². The summed E-state index contributed by atoms with van der Waals surface area (Å²) in [6.07, 6.45) is 0.874. The van der Waals surface area contributed by atoms with Crippen LogP contribution in [0, 0.1) is 6.92 Å². The van der Waals surface area contributed by atoms with Crippen LogP contribution in [0.2, 0.25) is 0 Å². The Morgan fingerprint density at radius 1 is 1.50 bits per heavy atom. The summed E-state index contributed by atoms with van der Waals surface area (Å²) in [6.45, 7) is 2.71. The zero-order valence-electron chi connectivity index (χ0n) is 8.54. The van der Waals surface area contributed by atoms with Crippen LogP contribution < -0.4 is 15.2 Å². The quantitative estimate of drug-likeness (QED) is 0.739. The molecule has 2 N–H and O–H groups in total.